The van der Waals surface area contributed by atoms with Crippen molar-refractivity contribution in [3.63, 3.8) is 0 Å². The molecule has 1 fully saturated rings. The van der Waals surface area contributed by atoms with Crippen molar-refractivity contribution in [2.45, 2.75) is 45.6 Å². The summed E-state index contributed by atoms with van der Waals surface area (Å²) in [5, 5.41) is 19.5. The highest BCUT2D eigenvalue weighted by atomic mass is 16.5. The van der Waals surface area contributed by atoms with Crippen LogP contribution in [0.15, 0.2) is 35.4 Å². The zero-order valence-corrected chi connectivity index (χ0v) is 21.8. The summed E-state index contributed by atoms with van der Waals surface area (Å²) in [5.41, 5.74) is 4.78. The van der Waals surface area contributed by atoms with Crippen molar-refractivity contribution in [2.24, 2.45) is 0 Å². The molecule has 4 aromatic rings. The fourth-order valence-corrected chi connectivity index (χ4v) is 4.72. The van der Waals surface area contributed by atoms with Crippen LogP contribution in [0.4, 0.5) is 11.6 Å². The Kier molecular flexibility index (Phi) is 7.68. The Morgan fingerprint density at radius 3 is 2.64 bits per heavy atom. The van der Waals surface area contributed by atoms with E-state index in [4.69, 9.17) is 14.9 Å². The number of aromatic nitrogens is 6. The van der Waals surface area contributed by atoms with Crippen molar-refractivity contribution in [1.29, 1.82) is 0 Å². The average Bonchev–Trinajstić information content (AvgIpc) is 3.37. The average molecular weight is 534 g/mol. The van der Waals surface area contributed by atoms with Gasteiger partial charge in [0, 0.05) is 37.2 Å². The Balaban J connectivity index is 1.33. The van der Waals surface area contributed by atoms with Gasteiger partial charge >= 0.3 is 0 Å². The Morgan fingerprint density at radius 2 is 1.95 bits per heavy atom. The quantitative estimate of drug-likeness (QED) is 0.159. The Bertz CT molecular complexity index is 1510. The van der Waals surface area contributed by atoms with Gasteiger partial charge in [0.15, 0.2) is 5.52 Å². The van der Waals surface area contributed by atoms with Gasteiger partial charge in [0.25, 0.3) is 11.5 Å². The van der Waals surface area contributed by atoms with Crippen LogP contribution < -0.4 is 26.0 Å². The molecule has 13 nitrogen and oxygen atoms in total. The number of nitrogens with one attached hydrogen (secondary N) is 4. The molecule has 0 spiro atoms. The molecule has 5 rings (SSSR count). The van der Waals surface area contributed by atoms with Gasteiger partial charge < -0.3 is 19.9 Å². The van der Waals surface area contributed by atoms with Crippen LogP contribution in [-0.2, 0) is 6.42 Å². The molecule has 5 N–H and O–H groups in total. The lowest BCUT2D eigenvalue weighted by atomic mass is 10.0. The summed E-state index contributed by atoms with van der Waals surface area (Å²) >= 11 is 0. The molecular formula is C26H31N9O4. The minimum atomic E-state index is -0.649. The maximum absolute atomic E-state index is 12.8. The van der Waals surface area contributed by atoms with E-state index in [0.717, 1.165) is 50.2 Å². The topological polar surface area (TPSA) is 174 Å². The number of anilines is 2. The molecular weight excluding hydrogens is 502 g/mol. The van der Waals surface area contributed by atoms with Crippen LogP contribution >= 0.6 is 0 Å². The highest BCUT2D eigenvalue weighted by molar-refractivity contribution is 5.92. The Morgan fingerprint density at radius 1 is 1.18 bits per heavy atom. The Hall–Kier alpha value is -4.52. The number of hydrogen-bond donors (Lipinski definition) is 5. The zero-order chi connectivity index (χ0) is 27.4. The van der Waals surface area contributed by atoms with Crippen molar-refractivity contribution in [1.82, 2.24) is 35.6 Å². The minimum Gasteiger partial charge on any atom is -0.493 e. The lowest BCUT2D eigenvalue weighted by Gasteiger charge is -2.33. The third kappa shape index (κ3) is 5.53. The van der Waals surface area contributed by atoms with E-state index in [-0.39, 0.29) is 17.2 Å². The van der Waals surface area contributed by atoms with Gasteiger partial charge in [0.1, 0.15) is 17.1 Å². The number of amides is 1. The third-order valence-corrected chi connectivity index (χ3v) is 6.67. The summed E-state index contributed by atoms with van der Waals surface area (Å²) in [6.07, 6.45) is 6.14. The molecule has 13 heteroatoms. The van der Waals surface area contributed by atoms with E-state index in [1.54, 1.807) is 5.48 Å². The lowest BCUT2D eigenvalue weighted by Crippen LogP contribution is -2.40. The maximum Gasteiger partial charge on any atom is 0.279 e. The van der Waals surface area contributed by atoms with E-state index in [9.17, 15) is 9.59 Å². The standard InChI is InChI=1S/C26H31N9O4/c1-3-5-19-21-22(33-32-19)25(37)31-23(30-21)18-12-17(6-7-20(18)39-4-2)29-16-8-10-35(11-9-16)26-27-13-15(14-28-26)24(36)34-38/h6-7,12-14,16,29,38H,3-5,8-11H2,1-2H3,(H,32,33)(H,34,36)(H,30,31,37). The monoisotopic (exact) mass is 533 g/mol. The number of H-pyrrole nitrogens is 2. The van der Waals surface area contributed by atoms with Crippen LogP contribution in [0.3, 0.4) is 0 Å². The maximum atomic E-state index is 12.8. The molecule has 1 aliphatic rings. The highest BCUT2D eigenvalue weighted by Crippen LogP contribution is 2.32. The number of hydrogen-bond acceptors (Lipinski definition) is 10. The van der Waals surface area contributed by atoms with Crippen molar-refractivity contribution in [2.75, 3.05) is 29.9 Å². The van der Waals surface area contributed by atoms with Gasteiger partial charge in [0.05, 0.1) is 23.4 Å². The van der Waals surface area contributed by atoms with Gasteiger partial charge in [-0.3, -0.25) is 19.9 Å². The zero-order valence-electron chi connectivity index (χ0n) is 21.8. The molecule has 1 aliphatic heterocycles. The summed E-state index contributed by atoms with van der Waals surface area (Å²) in [5.74, 6) is 0.961. The molecule has 0 radical (unpaired) electrons. The fourth-order valence-electron chi connectivity index (χ4n) is 4.72. The van der Waals surface area contributed by atoms with Crippen LogP contribution in [-0.4, -0.2) is 67.0 Å². The first-order valence-electron chi connectivity index (χ1n) is 13.0. The lowest BCUT2D eigenvalue weighted by molar-refractivity contribution is 0.0705. The van der Waals surface area contributed by atoms with Crippen molar-refractivity contribution in [3.05, 3.63) is 52.2 Å². The summed E-state index contributed by atoms with van der Waals surface area (Å²) in [6, 6.07) is 6.02. The van der Waals surface area contributed by atoms with E-state index < -0.39 is 5.91 Å². The first-order valence-corrected chi connectivity index (χ1v) is 13.0. The molecule has 0 aliphatic carbocycles. The number of carbonyl (C=O) groups excluding carboxylic acids is 1. The SMILES string of the molecule is CCCc1[nH]nc2c(=O)[nH]c(-c3cc(NC4CCN(c5ncc(C(=O)NO)cn5)CC4)ccc3OCC)nc12. The Labute approximate surface area is 224 Å². The second-order valence-electron chi connectivity index (χ2n) is 9.33. The summed E-state index contributed by atoms with van der Waals surface area (Å²) in [7, 11) is 0. The van der Waals surface area contributed by atoms with Crippen LogP contribution in [0.25, 0.3) is 22.4 Å². The summed E-state index contributed by atoms with van der Waals surface area (Å²) in [6.45, 7) is 5.93. The van der Waals surface area contributed by atoms with Crippen LogP contribution in [0.2, 0.25) is 0 Å². The predicted octanol–water partition coefficient (Wildman–Crippen LogP) is 2.65. The predicted molar refractivity (Wildman–Crippen MR) is 145 cm³/mol. The van der Waals surface area contributed by atoms with E-state index in [0.29, 0.717) is 40.7 Å². The molecule has 39 heavy (non-hydrogen) atoms. The molecule has 1 saturated heterocycles. The number of fused-ring (bicyclic) bond motifs is 1. The van der Waals surface area contributed by atoms with Gasteiger partial charge in [-0.15, -0.1) is 0 Å². The van der Waals surface area contributed by atoms with E-state index >= 15 is 0 Å². The van der Waals surface area contributed by atoms with Gasteiger partial charge in [0.2, 0.25) is 5.95 Å². The summed E-state index contributed by atoms with van der Waals surface area (Å²) < 4.78 is 5.87. The van der Waals surface area contributed by atoms with Gasteiger partial charge in [-0.05, 0) is 44.4 Å². The van der Waals surface area contributed by atoms with Gasteiger partial charge in [-0.2, -0.15) is 5.10 Å². The molecule has 204 valence electrons. The molecule has 1 amide bonds. The third-order valence-electron chi connectivity index (χ3n) is 6.67. The molecule has 1 aromatic carbocycles. The highest BCUT2D eigenvalue weighted by Gasteiger charge is 2.22. The summed E-state index contributed by atoms with van der Waals surface area (Å²) in [4.78, 5) is 42.5. The smallest absolute Gasteiger partial charge is 0.279 e. The number of nitrogens with zero attached hydrogens (tertiary/aromatic N) is 5. The number of piperidine rings is 1. The first-order chi connectivity index (χ1) is 19.0. The normalized spacial score (nSPS) is 14.0. The second kappa shape index (κ2) is 11.5. The van der Waals surface area contributed by atoms with Gasteiger partial charge in [-0.1, -0.05) is 13.3 Å². The molecule has 0 atom stereocenters. The molecule has 3 aromatic heterocycles. The van der Waals surface area contributed by atoms with Crippen LogP contribution in [0.1, 0.15) is 49.2 Å². The number of aryl methyl sites for hydroxylation is 1. The number of hydroxylamine groups is 1. The molecule has 4 heterocycles. The number of carbonyl (C=O) groups is 1. The van der Waals surface area contributed by atoms with Crippen molar-refractivity contribution < 1.29 is 14.7 Å². The second-order valence-corrected chi connectivity index (χ2v) is 9.33. The number of ether oxygens (including phenoxy) is 1. The van der Waals surface area contributed by atoms with Crippen molar-refractivity contribution >= 4 is 28.6 Å². The van der Waals surface area contributed by atoms with Crippen LogP contribution in [0, 0.1) is 0 Å². The largest absolute Gasteiger partial charge is 0.493 e. The number of benzene rings is 1. The molecule has 0 bridgehead atoms. The first kappa shape index (κ1) is 26.1. The van der Waals surface area contributed by atoms with E-state index in [1.165, 1.54) is 12.4 Å². The van der Waals surface area contributed by atoms with E-state index in [2.05, 4.69) is 42.3 Å². The van der Waals surface area contributed by atoms with E-state index in [1.807, 2.05) is 25.1 Å². The van der Waals surface area contributed by atoms with Gasteiger partial charge in [-0.25, -0.2) is 20.4 Å². The fraction of sp³-hybridized carbons (Fsp3) is 0.385. The molecule has 0 saturated carbocycles. The minimum absolute atomic E-state index is 0.188. The molecule has 0 unspecified atom stereocenters. The number of rotatable bonds is 9. The number of aromatic amines is 2. The van der Waals surface area contributed by atoms with Crippen molar-refractivity contribution in [3.8, 4) is 17.1 Å². The van der Waals surface area contributed by atoms with Crippen LogP contribution in [0.5, 0.6) is 5.75 Å².